The number of fused-ring (bicyclic) bond motifs is 2. The molecule has 1 aliphatic heterocycles. The third-order valence-corrected chi connectivity index (χ3v) is 3.62. The molecule has 1 aromatic heterocycles. The number of benzene rings is 1. The number of nitrogens with zero attached hydrogens (tertiary/aromatic N) is 1. The van der Waals surface area contributed by atoms with Gasteiger partial charge in [0.15, 0.2) is 11.5 Å². The Kier molecular flexibility index (Phi) is 3.34. The minimum atomic E-state index is 0.335. The van der Waals surface area contributed by atoms with Crippen LogP contribution in [-0.2, 0) is 13.5 Å². The van der Waals surface area contributed by atoms with Crippen molar-refractivity contribution in [2.45, 2.75) is 19.8 Å². The van der Waals surface area contributed by atoms with Crippen LogP contribution in [0.3, 0.4) is 0 Å². The van der Waals surface area contributed by atoms with E-state index in [2.05, 4.69) is 42.2 Å². The Hall–Kier alpha value is -1.68. The van der Waals surface area contributed by atoms with Crippen LogP contribution in [0.4, 0.5) is 0 Å². The Bertz CT molecular complexity index is 589. The van der Waals surface area contributed by atoms with Crippen LogP contribution in [0.2, 0.25) is 0 Å². The lowest BCUT2D eigenvalue weighted by Crippen LogP contribution is -2.14. The summed E-state index contributed by atoms with van der Waals surface area (Å²) in [5, 5.41) is 4.64. The largest absolute Gasteiger partial charge is 0.454 e. The Balaban J connectivity index is 1.88. The van der Waals surface area contributed by atoms with Gasteiger partial charge in [0.2, 0.25) is 6.79 Å². The van der Waals surface area contributed by atoms with E-state index in [1.807, 2.05) is 0 Å². The van der Waals surface area contributed by atoms with Crippen LogP contribution in [0.15, 0.2) is 18.3 Å². The van der Waals surface area contributed by atoms with Gasteiger partial charge >= 0.3 is 0 Å². The predicted molar refractivity (Wildman–Crippen MR) is 75.9 cm³/mol. The molecule has 2 aromatic rings. The van der Waals surface area contributed by atoms with Crippen LogP contribution in [0, 0.1) is 0 Å². The lowest BCUT2D eigenvalue weighted by molar-refractivity contribution is 0.174. The zero-order valence-corrected chi connectivity index (χ0v) is 11.5. The minimum Gasteiger partial charge on any atom is -0.454 e. The maximum Gasteiger partial charge on any atom is 0.231 e. The minimum absolute atomic E-state index is 0.335. The molecule has 0 amide bonds. The fraction of sp³-hybridized carbons (Fsp3) is 0.467. The molecule has 3 rings (SSSR count). The van der Waals surface area contributed by atoms with E-state index < -0.39 is 0 Å². The standard InChI is InChI=1S/C15H20N2O2/c1-3-16-6-4-5-11-9-17(2)13-8-15-14(7-12(11)13)18-10-19-15/h7-9,16H,3-6,10H2,1-2H3. The SMILES string of the molecule is CCNCCCc1cn(C)c2cc3c(cc12)OCO3. The Morgan fingerprint density at radius 2 is 2.05 bits per heavy atom. The lowest BCUT2D eigenvalue weighted by atomic mass is 10.1. The smallest absolute Gasteiger partial charge is 0.231 e. The van der Waals surface area contributed by atoms with Crippen LogP contribution in [-0.4, -0.2) is 24.4 Å². The summed E-state index contributed by atoms with van der Waals surface area (Å²) in [6.07, 6.45) is 4.46. The van der Waals surface area contributed by atoms with Crippen molar-refractivity contribution in [3.8, 4) is 11.5 Å². The molecule has 1 aliphatic rings. The van der Waals surface area contributed by atoms with E-state index in [4.69, 9.17) is 9.47 Å². The van der Waals surface area contributed by atoms with Crippen molar-refractivity contribution in [3.63, 3.8) is 0 Å². The molecule has 0 bridgehead atoms. The summed E-state index contributed by atoms with van der Waals surface area (Å²) in [7, 11) is 2.08. The van der Waals surface area contributed by atoms with E-state index in [1.54, 1.807) is 0 Å². The van der Waals surface area contributed by atoms with Crippen molar-refractivity contribution in [2.75, 3.05) is 19.9 Å². The second kappa shape index (κ2) is 5.13. The number of hydrogen-bond acceptors (Lipinski definition) is 3. The molecule has 0 spiro atoms. The fourth-order valence-electron chi connectivity index (χ4n) is 2.63. The number of hydrogen-bond donors (Lipinski definition) is 1. The van der Waals surface area contributed by atoms with Gasteiger partial charge in [-0.2, -0.15) is 0 Å². The molecule has 0 unspecified atom stereocenters. The maximum atomic E-state index is 5.47. The van der Waals surface area contributed by atoms with E-state index in [0.29, 0.717) is 6.79 Å². The molecule has 4 heteroatoms. The second-order valence-electron chi connectivity index (χ2n) is 4.94. The molecule has 1 aromatic carbocycles. The van der Waals surface area contributed by atoms with E-state index in [-0.39, 0.29) is 0 Å². The van der Waals surface area contributed by atoms with E-state index in [0.717, 1.165) is 37.4 Å². The molecule has 0 radical (unpaired) electrons. The van der Waals surface area contributed by atoms with E-state index in [1.165, 1.54) is 16.5 Å². The summed E-state index contributed by atoms with van der Waals surface area (Å²) < 4.78 is 13.1. The van der Waals surface area contributed by atoms with Crippen LogP contribution in [0.1, 0.15) is 18.9 Å². The second-order valence-corrected chi connectivity index (χ2v) is 4.94. The summed E-state index contributed by atoms with van der Waals surface area (Å²) in [5.74, 6) is 1.72. The van der Waals surface area contributed by atoms with Crippen molar-refractivity contribution in [1.82, 2.24) is 9.88 Å². The third kappa shape index (κ3) is 2.28. The van der Waals surface area contributed by atoms with Crippen molar-refractivity contribution in [2.24, 2.45) is 7.05 Å². The molecule has 102 valence electrons. The fourth-order valence-corrected chi connectivity index (χ4v) is 2.63. The molecule has 2 heterocycles. The first kappa shape index (κ1) is 12.4. The average molecular weight is 260 g/mol. The highest BCUT2D eigenvalue weighted by Gasteiger charge is 2.17. The number of aromatic nitrogens is 1. The van der Waals surface area contributed by atoms with Gasteiger partial charge in [-0.15, -0.1) is 0 Å². The van der Waals surface area contributed by atoms with Gasteiger partial charge in [0.1, 0.15) is 0 Å². The Morgan fingerprint density at radius 1 is 1.26 bits per heavy atom. The highest BCUT2D eigenvalue weighted by Crippen LogP contribution is 2.37. The Labute approximate surface area is 113 Å². The third-order valence-electron chi connectivity index (χ3n) is 3.62. The first-order valence-electron chi connectivity index (χ1n) is 6.88. The van der Waals surface area contributed by atoms with Crippen molar-refractivity contribution >= 4 is 10.9 Å². The molecule has 19 heavy (non-hydrogen) atoms. The molecular formula is C15H20N2O2. The van der Waals surface area contributed by atoms with E-state index >= 15 is 0 Å². The van der Waals surface area contributed by atoms with E-state index in [9.17, 15) is 0 Å². The molecule has 0 aliphatic carbocycles. The Morgan fingerprint density at radius 3 is 2.84 bits per heavy atom. The van der Waals surface area contributed by atoms with Gasteiger partial charge < -0.3 is 19.4 Å². The van der Waals surface area contributed by atoms with Gasteiger partial charge in [0, 0.05) is 24.7 Å². The van der Waals surface area contributed by atoms with Crippen molar-refractivity contribution in [1.29, 1.82) is 0 Å². The number of nitrogens with one attached hydrogen (secondary N) is 1. The molecule has 0 saturated heterocycles. The number of aryl methyl sites for hydroxylation is 2. The molecular weight excluding hydrogens is 240 g/mol. The number of ether oxygens (including phenoxy) is 2. The van der Waals surface area contributed by atoms with Gasteiger partial charge in [-0.25, -0.2) is 0 Å². The van der Waals surface area contributed by atoms with Crippen LogP contribution in [0.5, 0.6) is 11.5 Å². The van der Waals surface area contributed by atoms with Crippen LogP contribution in [0.25, 0.3) is 10.9 Å². The topological polar surface area (TPSA) is 35.4 Å². The summed E-state index contributed by atoms with van der Waals surface area (Å²) in [5.41, 5.74) is 2.59. The first-order valence-corrected chi connectivity index (χ1v) is 6.88. The van der Waals surface area contributed by atoms with Gasteiger partial charge in [-0.05, 0) is 37.6 Å². The predicted octanol–water partition coefficient (Wildman–Crippen LogP) is 2.45. The molecule has 1 N–H and O–H groups in total. The highest BCUT2D eigenvalue weighted by atomic mass is 16.7. The molecule has 0 saturated carbocycles. The van der Waals surface area contributed by atoms with Crippen molar-refractivity contribution < 1.29 is 9.47 Å². The molecule has 0 atom stereocenters. The zero-order chi connectivity index (χ0) is 13.2. The summed E-state index contributed by atoms with van der Waals surface area (Å²) in [6.45, 7) is 4.58. The quantitative estimate of drug-likeness (QED) is 0.839. The van der Waals surface area contributed by atoms with Gasteiger partial charge in [0.25, 0.3) is 0 Å². The van der Waals surface area contributed by atoms with Gasteiger partial charge in [-0.3, -0.25) is 0 Å². The first-order chi connectivity index (χ1) is 9.29. The summed E-state index contributed by atoms with van der Waals surface area (Å²) >= 11 is 0. The van der Waals surface area contributed by atoms with Crippen LogP contribution < -0.4 is 14.8 Å². The lowest BCUT2D eigenvalue weighted by Gasteiger charge is -2.02. The monoisotopic (exact) mass is 260 g/mol. The molecule has 0 fully saturated rings. The highest BCUT2D eigenvalue weighted by molar-refractivity contribution is 5.87. The maximum absolute atomic E-state index is 5.47. The molecule has 4 nitrogen and oxygen atoms in total. The number of rotatable bonds is 5. The zero-order valence-electron chi connectivity index (χ0n) is 11.5. The van der Waals surface area contributed by atoms with Crippen LogP contribution >= 0.6 is 0 Å². The van der Waals surface area contributed by atoms with Crippen molar-refractivity contribution in [3.05, 3.63) is 23.9 Å². The summed E-state index contributed by atoms with van der Waals surface area (Å²) in [4.78, 5) is 0. The van der Waals surface area contributed by atoms with Gasteiger partial charge in [-0.1, -0.05) is 6.92 Å². The summed E-state index contributed by atoms with van der Waals surface area (Å²) in [6, 6.07) is 4.19. The van der Waals surface area contributed by atoms with Gasteiger partial charge in [0.05, 0.1) is 5.52 Å². The average Bonchev–Trinajstić information content (AvgIpc) is 2.98. The normalized spacial score (nSPS) is 13.4.